The van der Waals surface area contributed by atoms with E-state index in [0.29, 0.717) is 25.4 Å². The predicted molar refractivity (Wildman–Crippen MR) is 119 cm³/mol. The van der Waals surface area contributed by atoms with Crippen LogP contribution in [0.3, 0.4) is 0 Å². The van der Waals surface area contributed by atoms with Gasteiger partial charge in [-0.15, -0.1) is 0 Å². The molecule has 2 heterocycles. The Hall–Kier alpha value is -2.82. The summed E-state index contributed by atoms with van der Waals surface area (Å²) in [6.45, 7) is 3.17. The van der Waals surface area contributed by atoms with Crippen molar-refractivity contribution in [1.82, 2.24) is 5.32 Å². The molecular formula is C25H29N3O2. The molecule has 5 rings (SSSR count). The minimum absolute atomic E-state index is 0.0187. The van der Waals surface area contributed by atoms with Gasteiger partial charge in [0.15, 0.2) is 0 Å². The van der Waals surface area contributed by atoms with Crippen LogP contribution in [0.15, 0.2) is 48.5 Å². The third-order valence-electron chi connectivity index (χ3n) is 6.86. The zero-order valence-electron chi connectivity index (χ0n) is 17.3. The standard InChI is InChI=1S/C25H29N3O2/c29-24-14-21(17-28(24)23-10-9-19-5-4-6-20(19)13-23)25(30)26-15-18-11-12-27(16-18)22-7-2-1-3-8-22/h1-3,7-10,13,18,21H,4-6,11-12,14-17H2,(H,26,30)/t18-,21+/m0/s1. The number of carbonyl (C=O) groups excluding carboxylic acids is 2. The van der Waals surface area contributed by atoms with Crippen LogP contribution in [0.2, 0.25) is 0 Å². The lowest BCUT2D eigenvalue weighted by Gasteiger charge is -2.19. The Kier molecular flexibility index (Phi) is 5.19. The Labute approximate surface area is 178 Å². The number of nitrogens with one attached hydrogen (secondary N) is 1. The molecule has 30 heavy (non-hydrogen) atoms. The van der Waals surface area contributed by atoms with Gasteiger partial charge in [-0.05, 0) is 67.0 Å². The molecule has 2 saturated heterocycles. The fourth-order valence-corrected chi connectivity index (χ4v) is 5.12. The second-order valence-corrected chi connectivity index (χ2v) is 8.89. The van der Waals surface area contributed by atoms with Crippen molar-refractivity contribution < 1.29 is 9.59 Å². The number of benzene rings is 2. The van der Waals surface area contributed by atoms with E-state index in [-0.39, 0.29) is 17.7 Å². The number of hydrogen-bond acceptors (Lipinski definition) is 3. The molecule has 2 amide bonds. The third-order valence-corrected chi connectivity index (χ3v) is 6.86. The normalized spacial score (nSPS) is 23.1. The number of rotatable bonds is 5. The number of aryl methyl sites for hydroxylation is 2. The van der Waals surface area contributed by atoms with E-state index in [0.717, 1.165) is 38.0 Å². The first-order valence-corrected chi connectivity index (χ1v) is 11.2. The minimum atomic E-state index is -0.252. The van der Waals surface area contributed by atoms with Gasteiger partial charge in [-0.25, -0.2) is 0 Å². The first-order chi connectivity index (χ1) is 14.7. The van der Waals surface area contributed by atoms with Gasteiger partial charge in [0.1, 0.15) is 0 Å². The maximum absolute atomic E-state index is 12.8. The highest BCUT2D eigenvalue weighted by Gasteiger charge is 2.36. The summed E-state index contributed by atoms with van der Waals surface area (Å²) in [7, 11) is 0. The van der Waals surface area contributed by atoms with Gasteiger partial charge in [-0.2, -0.15) is 0 Å². The molecule has 5 heteroatoms. The van der Waals surface area contributed by atoms with Gasteiger partial charge < -0.3 is 15.1 Å². The van der Waals surface area contributed by atoms with Gasteiger partial charge in [-0.1, -0.05) is 24.3 Å². The van der Waals surface area contributed by atoms with Crippen molar-refractivity contribution in [1.29, 1.82) is 0 Å². The summed E-state index contributed by atoms with van der Waals surface area (Å²) in [6, 6.07) is 16.8. The Balaban J connectivity index is 1.14. The zero-order chi connectivity index (χ0) is 20.5. The maximum Gasteiger partial charge on any atom is 0.227 e. The first kappa shape index (κ1) is 19.2. The van der Waals surface area contributed by atoms with Crippen LogP contribution in [0.4, 0.5) is 11.4 Å². The van der Waals surface area contributed by atoms with Gasteiger partial charge in [-0.3, -0.25) is 9.59 Å². The Morgan fingerprint density at radius 1 is 1.00 bits per heavy atom. The van der Waals surface area contributed by atoms with Crippen molar-refractivity contribution in [3.8, 4) is 0 Å². The van der Waals surface area contributed by atoms with Crippen LogP contribution in [0.25, 0.3) is 0 Å². The van der Waals surface area contributed by atoms with Gasteiger partial charge in [0, 0.05) is 44.0 Å². The highest BCUT2D eigenvalue weighted by atomic mass is 16.2. The van der Waals surface area contributed by atoms with Crippen LogP contribution in [0.1, 0.15) is 30.4 Å². The van der Waals surface area contributed by atoms with E-state index >= 15 is 0 Å². The molecule has 0 radical (unpaired) electrons. The van der Waals surface area contributed by atoms with Crippen molar-refractivity contribution in [2.24, 2.45) is 11.8 Å². The van der Waals surface area contributed by atoms with Crippen LogP contribution >= 0.6 is 0 Å². The Morgan fingerprint density at radius 3 is 2.70 bits per heavy atom. The number of amides is 2. The summed E-state index contributed by atoms with van der Waals surface area (Å²) in [5.74, 6) is 0.283. The Morgan fingerprint density at radius 2 is 1.83 bits per heavy atom. The second kappa shape index (κ2) is 8.13. The number of hydrogen-bond donors (Lipinski definition) is 1. The topological polar surface area (TPSA) is 52.7 Å². The smallest absolute Gasteiger partial charge is 0.227 e. The maximum atomic E-state index is 12.8. The summed E-state index contributed by atoms with van der Waals surface area (Å²) in [4.78, 5) is 29.5. The van der Waals surface area contributed by atoms with Crippen molar-refractivity contribution in [2.75, 3.05) is 36.0 Å². The molecule has 2 aliphatic heterocycles. The van der Waals surface area contributed by atoms with E-state index in [1.165, 1.54) is 23.2 Å². The van der Waals surface area contributed by atoms with Gasteiger partial charge >= 0.3 is 0 Å². The van der Waals surface area contributed by atoms with Crippen molar-refractivity contribution in [2.45, 2.75) is 32.1 Å². The minimum Gasteiger partial charge on any atom is -0.371 e. The molecule has 2 atom stereocenters. The van der Waals surface area contributed by atoms with E-state index in [9.17, 15) is 9.59 Å². The largest absolute Gasteiger partial charge is 0.371 e. The van der Waals surface area contributed by atoms with E-state index < -0.39 is 0 Å². The van der Waals surface area contributed by atoms with Crippen LogP contribution in [0.5, 0.6) is 0 Å². The molecule has 0 saturated carbocycles. The van der Waals surface area contributed by atoms with Crippen LogP contribution in [-0.2, 0) is 22.4 Å². The summed E-state index contributed by atoms with van der Waals surface area (Å²) < 4.78 is 0. The molecule has 0 aromatic heterocycles. The molecule has 3 aliphatic rings. The molecule has 1 aliphatic carbocycles. The number of anilines is 2. The number of nitrogens with zero attached hydrogens (tertiary/aromatic N) is 2. The van der Waals surface area contributed by atoms with Crippen LogP contribution in [0, 0.1) is 11.8 Å². The highest BCUT2D eigenvalue weighted by Crippen LogP contribution is 2.31. The van der Waals surface area contributed by atoms with Crippen molar-refractivity contribution in [3.63, 3.8) is 0 Å². The predicted octanol–water partition coefficient (Wildman–Crippen LogP) is 3.17. The van der Waals surface area contributed by atoms with E-state index in [4.69, 9.17) is 0 Å². The quantitative estimate of drug-likeness (QED) is 0.834. The zero-order valence-corrected chi connectivity index (χ0v) is 17.3. The molecule has 2 aromatic rings. The lowest BCUT2D eigenvalue weighted by molar-refractivity contribution is -0.126. The SMILES string of the molecule is O=C(NC[C@@H]1CCN(c2ccccc2)C1)[C@@H]1CC(=O)N(c2ccc3c(c2)CCC3)C1. The number of fused-ring (bicyclic) bond motifs is 1. The van der Waals surface area contributed by atoms with Gasteiger partial charge in [0.05, 0.1) is 5.92 Å². The summed E-state index contributed by atoms with van der Waals surface area (Å²) in [5, 5.41) is 3.13. The summed E-state index contributed by atoms with van der Waals surface area (Å²) >= 11 is 0. The monoisotopic (exact) mass is 403 g/mol. The molecule has 0 unspecified atom stereocenters. The van der Waals surface area contributed by atoms with E-state index in [2.05, 4.69) is 46.6 Å². The van der Waals surface area contributed by atoms with Gasteiger partial charge in [0.25, 0.3) is 0 Å². The molecule has 2 aromatic carbocycles. The van der Waals surface area contributed by atoms with E-state index in [1.807, 2.05) is 12.1 Å². The lowest BCUT2D eigenvalue weighted by Crippen LogP contribution is -2.36. The van der Waals surface area contributed by atoms with Crippen LogP contribution < -0.4 is 15.1 Å². The van der Waals surface area contributed by atoms with Crippen LogP contribution in [-0.4, -0.2) is 38.0 Å². The van der Waals surface area contributed by atoms with E-state index in [1.54, 1.807) is 4.90 Å². The molecule has 0 spiro atoms. The third kappa shape index (κ3) is 3.81. The Bertz CT molecular complexity index is 943. The fraction of sp³-hybridized carbons (Fsp3) is 0.440. The fourth-order valence-electron chi connectivity index (χ4n) is 5.12. The second-order valence-electron chi connectivity index (χ2n) is 8.89. The summed E-state index contributed by atoms with van der Waals surface area (Å²) in [6.07, 6.45) is 4.82. The molecule has 5 nitrogen and oxygen atoms in total. The molecule has 156 valence electrons. The highest BCUT2D eigenvalue weighted by molar-refractivity contribution is 6.00. The molecule has 1 N–H and O–H groups in total. The summed E-state index contributed by atoms with van der Waals surface area (Å²) in [5.41, 5.74) is 4.96. The van der Waals surface area contributed by atoms with Crippen molar-refractivity contribution >= 4 is 23.2 Å². The average Bonchev–Trinajstić information content (AvgIpc) is 3.51. The first-order valence-electron chi connectivity index (χ1n) is 11.2. The average molecular weight is 404 g/mol. The van der Waals surface area contributed by atoms with Crippen molar-refractivity contribution in [3.05, 3.63) is 59.7 Å². The molecular weight excluding hydrogens is 374 g/mol. The molecule has 0 bridgehead atoms. The lowest BCUT2D eigenvalue weighted by atomic mass is 10.1. The molecule has 2 fully saturated rings. The number of carbonyl (C=O) groups is 2. The van der Waals surface area contributed by atoms with Gasteiger partial charge in [0.2, 0.25) is 11.8 Å². The number of para-hydroxylation sites is 1.